The van der Waals surface area contributed by atoms with E-state index in [1.54, 1.807) is 19.1 Å². The first-order valence-corrected chi connectivity index (χ1v) is 9.70. The van der Waals surface area contributed by atoms with Crippen LogP contribution in [0.4, 0.5) is 0 Å². The zero-order valence-electron chi connectivity index (χ0n) is 15.0. The normalized spacial score (nSPS) is 26.0. The summed E-state index contributed by atoms with van der Waals surface area (Å²) in [5, 5.41) is 10.1. The second-order valence-electron chi connectivity index (χ2n) is 6.91. The van der Waals surface area contributed by atoms with Crippen LogP contribution >= 0.6 is 23.2 Å². The van der Waals surface area contributed by atoms with Gasteiger partial charge >= 0.3 is 5.97 Å². The van der Waals surface area contributed by atoms with Gasteiger partial charge in [-0.3, -0.25) is 25.2 Å². The second-order valence-corrected chi connectivity index (χ2v) is 7.75. The summed E-state index contributed by atoms with van der Waals surface area (Å²) >= 11 is 12.0. The number of ether oxygens (including phenoxy) is 1. The van der Waals surface area contributed by atoms with E-state index in [-0.39, 0.29) is 17.6 Å². The van der Waals surface area contributed by atoms with E-state index < -0.39 is 35.7 Å². The second kappa shape index (κ2) is 8.41. The van der Waals surface area contributed by atoms with Crippen LogP contribution in [0.25, 0.3) is 0 Å². The Morgan fingerprint density at radius 3 is 2.50 bits per heavy atom. The van der Waals surface area contributed by atoms with Crippen molar-refractivity contribution in [2.75, 3.05) is 0 Å². The largest absolute Gasteiger partial charge is 0.481 e. The molecule has 1 saturated carbocycles. The lowest BCUT2D eigenvalue weighted by Gasteiger charge is -2.24. The summed E-state index contributed by atoms with van der Waals surface area (Å²) in [5.41, 5.74) is 4.67. The zero-order chi connectivity index (χ0) is 20.4. The molecule has 0 saturated heterocycles. The maximum atomic E-state index is 12.5. The minimum Gasteiger partial charge on any atom is -0.481 e. The lowest BCUT2D eigenvalue weighted by molar-refractivity contribution is -0.148. The van der Waals surface area contributed by atoms with Gasteiger partial charge in [0.25, 0.3) is 5.91 Å². The number of carbonyl (C=O) groups is 3. The molecule has 2 bridgehead atoms. The monoisotopic (exact) mass is 426 g/mol. The third-order valence-corrected chi connectivity index (χ3v) is 5.73. The number of amides is 2. The molecular formula is C19H20Cl2N2O5. The van der Waals surface area contributed by atoms with Crippen molar-refractivity contribution in [2.45, 2.75) is 25.9 Å². The fourth-order valence-corrected chi connectivity index (χ4v) is 4.17. The van der Waals surface area contributed by atoms with Crippen LogP contribution in [0.5, 0.6) is 5.75 Å². The highest BCUT2D eigenvalue weighted by Crippen LogP contribution is 2.48. The van der Waals surface area contributed by atoms with E-state index in [2.05, 4.69) is 10.9 Å². The molecule has 1 aromatic carbocycles. The van der Waals surface area contributed by atoms with Crippen LogP contribution < -0.4 is 15.6 Å². The molecule has 28 heavy (non-hydrogen) atoms. The summed E-state index contributed by atoms with van der Waals surface area (Å²) < 4.78 is 5.62. The van der Waals surface area contributed by atoms with Gasteiger partial charge in [0, 0.05) is 11.1 Å². The van der Waals surface area contributed by atoms with Crippen molar-refractivity contribution in [3.63, 3.8) is 0 Å². The maximum Gasteiger partial charge on any atom is 0.307 e. The Kier molecular flexibility index (Phi) is 6.15. The molecule has 3 N–H and O–H groups in total. The first-order chi connectivity index (χ1) is 13.3. The van der Waals surface area contributed by atoms with Gasteiger partial charge in [-0.25, -0.2) is 0 Å². The van der Waals surface area contributed by atoms with E-state index >= 15 is 0 Å². The number of hydrogen-bond donors (Lipinski definition) is 3. The standard InChI is InChI=1S/C19H20Cl2N2O5/c1-2-13(28-14-8-11(20)5-6-12(14)21)17(24)22-23-18(25)15-9-3-4-10(7-9)16(15)19(26)27/h3-6,8-10,13,15-16H,2,7H2,1H3,(H,22,24)(H,23,25)(H,26,27)/t9-,10-,13-,15+,16+/m0/s1. The van der Waals surface area contributed by atoms with Crippen molar-refractivity contribution in [1.29, 1.82) is 0 Å². The third-order valence-electron chi connectivity index (χ3n) is 5.18. The van der Waals surface area contributed by atoms with Crippen LogP contribution in [-0.4, -0.2) is 29.0 Å². The number of hydrogen-bond acceptors (Lipinski definition) is 4. The van der Waals surface area contributed by atoms with Crippen LogP contribution in [0, 0.1) is 23.7 Å². The van der Waals surface area contributed by atoms with Crippen LogP contribution in [0.1, 0.15) is 19.8 Å². The molecule has 7 nitrogen and oxygen atoms in total. The first-order valence-electron chi connectivity index (χ1n) is 8.94. The lowest BCUT2D eigenvalue weighted by atomic mass is 9.82. The minimum atomic E-state index is -1.01. The summed E-state index contributed by atoms with van der Waals surface area (Å²) in [7, 11) is 0. The molecule has 1 aromatic rings. The number of carboxylic acid groups (broad SMARTS) is 1. The molecule has 0 heterocycles. The maximum absolute atomic E-state index is 12.5. The molecule has 2 aliphatic rings. The number of rotatable bonds is 6. The van der Waals surface area contributed by atoms with Gasteiger partial charge in [-0.1, -0.05) is 42.3 Å². The van der Waals surface area contributed by atoms with Gasteiger partial charge in [-0.05, 0) is 36.8 Å². The number of halogens is 2. The highest BCUT2D eigenvalue weighted by atomic mass is 35.5. The number of carboxylic acids is 1. The number of nitrogens with one attached hydrogen (secondary N) is 2. The van der Waals surface area contributed by atoms with Crippen LogP contribution in [-0.2, 0) is 14.4 Å². The van der Waals surface area contributed by atoms with Crippen molar-refractivity contribution in [3.05, 3.63) is 40.4 Å². The van der Waals surface area contributed by atoms with Crippen LogP contribution in [0.15, 0.2) is 30.4 Å². The van der Waals surface area contributed by atoms with Crippen molar-refractivity contribution < 1.29 is 24.2 Å². The number of benzene rings is 1. The molecule has 0 spiro atoms. The van der Waals surface area contributed by atoms with Gasteiger partial charge in [-0.2, -0.15) is 0 Å². The molecule has 5 atom stereocenters. The average Bonchev–Trinajstić information content (AvgIpc) is 3.27. The fraction of sp³-hybridized carbons (Fsp3) is 0.421. The highest BCUT2D eigenvalue weighted by Gasteiger charge is 2.51. The van der Waals surface area contributed by atoms with Crippen molar-refractivity contribution >= 4 is 41.0 Å². The summed E-state index contributed by atoms with van der Waals surface area (Å²) in [6.45, 7) is 1.74. The molecule has 0 unspecified atom stereocenters. The Bertz CT molecular complexity index is 829. The van der Waals surface area contributed by atoms with Crippen LogP contribution in [0.3, 0.4) is 0 Å². The third kappa shape index (κ3) is 4.10. The van der Waals surface area contributed by atoms with E-state index in [1.165, 1.54) is 6.07 Å². The van der Waals surface area contributed by atoms with E-state index in [0.717, 1.165) is 0 Å². The molecule has 2 aliphatic carbocycles. The van der Waals surface area contributed by atoms with Gasteiger partial charge in [0.1, 0.15) is 5.75 Å². The Morgan fingerprint density at radius 2 is 1.86 bits per heavy atom. The number of carbonyl (C=O) groups excluding carboxylic acids is 2. The summed E-state index contributed by atoms with van der Waals surface area (Å²) in [6, 6.07) is 4.65. The summed E-state index contributed by atoms with van der Waals surface area (Å²) in [5.74, 6) is -3.62. The molecule has 2 amide bonds. The fourth-order valence-electron chi connectivity index (χ4n) is 3.85. The molecule has 0 radical (unpaired) electrons. The van der Waals surface area contributed by atoms with Gasteiger partial charge in [0.2, 0.25) is 5.91 Å². The van der Waals surface area contributed by atoms with Crippen molar-refractivity contribution in [3.8, 4) is 5.75 Å². The summed E-state index contributed by atoms with van der Waals surface area (Å²) in [4.78, 5) is 36.4. The van der Waals surface area contributed by atoms with Gasteiger partial charge in [-0.15, -0.1) is 0 Å². The zero-order valence-corrected chi connectivity index (χ0v) is 16.5. The molecule has 3 rings (SSSR count). The predicted molar refractivity (Wildman–Crippen MR) is 103 cm³/mol. The predicted octanol–water partition coefficient (Wildman–Crippen LogP) is 2.82. The Hall–Kier alpha value is -2.25. The smallest absolute Gasteiger partial charge is 0.307 e. The topological polar surface area (TPSA) is 105 Å². The van der Waals surface area contributed by atoms with Gasteiger partial charge < -0.3 is 9.84 Å². The SMILES string of the molecule is CC[C@H](Oc1cc(Cl)ccc1Cl)C(=O)NNC(=O)[C@H]1[C@H](C(=O)O)[C@H]2C=C[C@H]1C2. The Morgan fingerprint density at radius 1 is 1.18 bits per heavy atom. The van der Waals surface area contributed by atoms with Crippen molar-refractivity contribution in [1.82, 2.24) is 10.9 Å². The van der Waals surface area contributed by atoms with E-state index in [9.17, 15) is 19.5 Å². The van der Waals surface area contributed by atoms with Gasteiger partial charge in [0.05, 0.1) is 16.9 Å². The molecule has 0 aliphatic heterocycles. The minimum absolute atomic E-state index is 0.133. The number of fused-ring (bicyclic) bond motifs is 2. The number of aliphatic carboxylic acids is 1. The Balaban J connectivity index is 1.60. The molecule has 150 valence electrons. The number of hydrazine groups is 1. The Labute approximate surface area is 172 Å². The molecular weight excluding hydrogens is 407 g/mol. The molecule has 1 fully saturated rings. The lowest BCUT2D eigenvalue weighted by Crippen LogP contribution is -2.51. The van der Waals surface area contributed by atoms with Crippen molar-refractivity contribution in [2.24, 2.45) is 23.7 Å². The number of allylic oxidation sites excluding steroid dienone is 2. The van der Waals surface area contributed by atoms with Crippen LogP contribution in [0.2, 0.25) is 10.0 Å². The highest BCUT2D eigenvalue weighted by molar-refractivity contribution is 6.34. The van der Waals surface area contributed by atoms with E-state index in [0.29, 0.717) is 22.9 Å². The quantitative estimate of drug-likeness (QED) is 0.479. The van der Waals surface area contributed by atoms with Gasteiger partial charge in [0.15, 0.2) is 6.10 Å². The molecule has 0 aromatic heterocycles. The summed E-state index contributed by atoms with van der Waals surface area (Å²) in [6.07, 6.45) is 3.76. The van der Waals surface area contributed by atoms with E-state index in [4.69, 9.17) is 27.9 Å². The van der Waals surface area contributed by atoms with E-state index in [1.807, 2.05) is 12.2 Å². The molecule has 9 heteroatoms. The average molecular weight is 427 g/mol. The first kappa shape index (κ1) is 20.5.